The first kappa shape index (κ1) is 21.7. The highest BCUT2D eigenvalue weighted by Crippen LogP contribution is 2.30. The number of ether oxygens (including phenoxy) is 1. The van der Waals surface area contributed by atoms with Crippen molar-refractivity contribution in [2.45, 2.75) is 45.1 Å². The Labute approximate surface area is 187 Å². The van der Waals surface area contributed by atoms with Crippen molar-refractivity contribution in [1.29, 1.82) is 0 Å². The second-order valence-corrected chi connectivity index (χ2v) is 8.62. The molecule has 2 aliphatic rings. The number of carbonyl (C=O) groups excluding carboxylic acids is 2. The fraction of sp³-hybridized carbons (Fsp3) is 0.522. The number of benzene rings is 1. The predicted molar refractivity (Wildman–Crippen MR) is 119 cm³/mol. The van der Waals surface area contributed by atoms with Gasteiger partial charge in [0.2, 0.25) is 5.91 Å². The van der Waals surface area contributed by atoms with E-state index in [1.165, 1.54) is 0 Å². The van der Waals surface area contributed by atoms with Crippen LogP contribution in [-0.2, 0) is 17.8 Å². The minimum absolute atomic E-state index is 0.0736. The van der Waals surface area contributed by atoms with E-state index in [1.807, 2.05) is 33.5 Å². The molecule has 1 aromatic heterocycles. The molecule has 0 saturated carbocycles. The number of piperidine rings is 1. The van der Waals surface area contributed by atoms with Gasteiger partial charge in [0.15, 0.2) is 0 Å². The molecule has 3 heterocycles. The number of carbonyl (C=O) groups is 2. The van der Waals surface area contributed by atoms with E-state index in [1.54, 1.807) is 19.2 Å². The van der Waals surface area contributed by atoms with Crippen molar-refractivity contribution in [1.82, 2.24) is 19.6 Å². The van der Waals surface area contributed by atoms with Crippen LogP contribution in [0.4, 0.5) is 0 Å². The maximum absolute atomic E-state index is 12.8. The highest BCUT2D eigenvalue weighted by atomic mass is 35.5. The third kappa shape index (κ3) is 4.56. The van der Waals surface area contributed by atoms with Crippen molar-refractivity contribution in [3.05, 3.63) is 46.2 Å². The van der Waals surface area contributed by atoms with E-state index in [2.05, 4.69) is 0 Å². The molecule has 0 atom stereocenters. The van der Waals surface area contributed by atoms with E-state index in [-0.39, 0.29) is 17.7 Å². The summed E-state index contributed by atoms with van der Waals surface area (Å²) in [6.45, 7) is 5.69. The fourth-order valence-electron chi connectivity index (χ4n) is 4.49. The monoisotopic (exact) mass is 444 g/mol. The van der Waals surface area contributed by atoms with Gasteiger partial charge >= 0.3 is 0 Å². The third-order valence-electron chi connectivity index (χ3n) is 6.32. The van der Waals surface area contributed by atoms with Gasteiger partial charge in [-0.3, -0.25) is 14.3 Å². The number of amides is 2. The van der Waals surface area contributed by atoms with Crippen molar-refractivity contribution in [3.8, 4) is 5.75 Å². The minimum Gasteiger partial charge on any atom is -0.495 e. The molecule has 31 heavy (non-hydrogen) atoms. The Morgan fingerprint density at radius 3 is 2.65 bits per heavy atom. The van der Waals surface area contributed by atoms with E-state index < -0.39 is 0 Å². The van der Waals surface area contributed by atoms with Crippen LogP contribution in [0.25, 0.3) is 0 Å². The van der Waals surface area contributed by atoms with Crippen LogP contribution in [0.5, 0.6) is 5.75 Å². The zero-order valence-corrected chi connectivity index (χ0v) is 18.9. The Kier molecular flexibility index (Phi) is 6.51. The second kappa shape index (κ2) is 9.30. The van der Waals surface area contributed by atoms with Crippen molar-refractivity contribution >= 4 is 23.4 Å². The number of halogens is 1. The quantitative estimate of drug-likeness (QED) is 0.709. The van der Waals surface area contributed by atoms with E-state index in [9.17, 15) is 9.59 Å². The number of aromatic nitrogens is 2. The predicted octanol–water partition coefficient (Wildman–Crippen LogP) is 3.36. The summed E-state index contributed by atoms with van der Waals surface area (Å²) in [5.74, 6) is 1.07. The SMILES string of the molecule is CCN1CCCn2nc(C3CCN(C(=O)Cc4ccc(OC)c(Cl)c4)CC3)cc2C1=O. The van der Waals surface area contributed by atoms with Crippen LogP contribution >= 0.6 is 11.6 Å². The normalized spacial score (nSPS) is 17.5. The molecule has 2 aliphatic heterocycles. The van der Waals surface area contributed by atoms with Crippen molar-refractivity contribution < 1.29 is 14.3 Å². The average molecular weight is 445 g/mol. The minimum atomic E-state index is 0.0736. The van der Waals surface area contributed by atoms with E-state index >= 15 is 0 Å². The molecule has 1 fully saturated rings. The second-order valence-electron chi connectivity index (χ2n) is 8.22. The van der Waals surface area contributed by atoms with Crippen molar-refractivity contribution in [2.75, 3.05) is 33.3 Å². The van der Waals surface area contributed by atoms with Gasteiger partial charge in [0.05, 0.1) is 24.2 Å². The van der Waals surface area contributed by atoms with E-state index in [0.717, 1.165) is 50.2 Å². The first-order valence-corrected chi connectivity index (χ1v) is 11.3. The molecule has 2 amide bonds. The molecule has 7 nitrogen and oxygen atoms in total. The molecular formula is C23H29ClN4O3. The number of rotatable bonds is 5. The largest absolute Gasteiger partial charge is 0.495 e. The summed E-state index contributed by atoms with van der Waals surface area (Å²) >= 11 is 6.18. The number of likely N-dealkylation sites (tertiary alicyclic amines) is 1. The van der Waals surface area contributed by atoms with Gasteiger partial charge < -0.3 is 14.5 Å². The number of fused-ring (bicyclic) bond motifs is 1. The molecule has 1 aromatic carbocycles. The Hall–Kier alpha value is -2.54. The van der Waals surface area contributed by atoms with Gasteiger partial charge in [-0.05, 0) is 49.9 Å². The van der Waals surface area contributed by atoms with Crippen LogP contribution in [0, 0.1) is 0 Å². The Balaban J connectivity index is 1.37. The summed E-state index contributed by atoms with van der Waals surface area (Å²) in [6, 6.07) is 7.43. The molecule has 1 saturated heterocycles. The van der Waals surface area contributed by atoms with Gasteiger partial charge in [-0.1, -0.05) is 17.7 Å². The summed E-state index contributed by atoms with van der Waals surface area (Å²) in [4.78, 5) is 29.3. The summed E-state index contributed by atoms with van der Waals surface area (Å²) in [5.41, 5.74) is 2.56. The van der Waals surface area contributed by atoms with Gasteiger partial charge in [-0.15, -0.1) is 0 Å². The topological polar surface area (TPSA) is 67.7 Å². The van der Waals surface area contributed by atoms with Crippen LogP contribution in [-0.4, -0.2) is 64.7 Å². The molecular weight excluding hydrogens is 416 g/mol. The van der Waals surface area contributed by atoms with Gasteiger partial charge in [-0.2, -0.15) is 5.10 Å². The standard InChI is InChI=1S/C23H29ClN4O3/c1-3-26-9-4-10-28-20(23(26)30)15-19(25-28)17-7-11-27(12-8-17)22(29)14-16-5-6-21(31-2)18(24)13-16/h5-6,13,15,17H,3-4,7-12,14H2,1-2H3. The molecule has 8 heteroatoms. The van der Waals surface area contributed by atoms with Crippen LogP contribution in [0.1, 0.15) is 53.8 Å². The average Bonchev–Trinajstić information content (AvgIpc) is 3.14. The lowest BCUT2D eigenvalue weighted by atomic mass is 9.93. The molecule has 0 aliphatic carbocycles. The summed E-state index contributed by atoms with van der Waals surface area (Å²) in [7, 11) is 1.57. The Morgan fingerprint density at radius 1 is 1.19 bits per heavy atom. The number of hydrogen-bond donors (Lipinski definition) is 0. The van der Waals surface area contributed by atoms with Crippen LogP contribution in [0.3, 0.4) is 0 Å². The van der Waals surface area contributed by atoms with E-state index in [0.29, 0.717) is 36.0 Å². The molecule has 2 aromatic rings. The maximum atomic E-state index is 12.8. The van der Waals surface area contributed by atoms with Crippen molar-refractivity contribution in [2.24, 2.45) is 0 Å². The van der Waals surface area contributed by atoms with Crippen LogP contribution in [0.15, 0.2) is 24.3 Å². The molecule has 0 N–H and O–H groups in total. The zero-order valence-electron chi connectivity index (χ0n) is 18.1. The van der Waals surface area contributed by atoms with Crippen molar-refractivity contribution in [3.63, 3.8) is 0 Å². The molecule has 4 rings (SSSR count). The van der Waals surface area contributed by atoms with E-state index in [4.69, 9.17) is 21.4 Å². The molecule has 0 spiro atoms. The maximum Gasteiger partial charge on any atom is 0.272 e. The Bertz CT molecular complexity index is 966. The highest BCUT2D eigenvalue weighted by Gasteiger charge is 2.29. The van der Waals surface area contributed by atoms with Gasteiger partial charge in [-0.25, -0.2) is 0 Å². The number of methoxy groups -OCH3 is 1. The lowest BCUT2D eigenvalue weighted by Gasteiger charge is -2.31. The number of aryl methyl sites for hydroxylation is 1. The van der Waals surface area contributed by atoms with Gasteiger partial charge in [0.25, 0.3) is 5.91 Å². The third-order valence-corrected chi connectivity index (χ3v) is 6.62. The lowest BCUT2D eigenvalue weighted by Crippen LogP contribution is -2.38. The van der Waals surface area contributed by atoms with Crippen LogP contribution < -0.4 is 4.74 Å². The van der Waals surface area contributed by atoms with Gasteiger partial charge in [0.1, 0.15) is 11.4 Å². The first-order chi connectivity index (χ1) is 15.0. The highest BCUT2D eigenvalue weighted by molar-refractivity contribution is 6.32. The molecule has 0 unspecified atom stereocenters. The molecule has 0 radical (unpaired) electrons. The smallest absolute Gasteiger partial charge is 0.272 e. The number of nitrogens with zero attached hydrogens (tertiary/aromatic N) is 4. The van der Waals surface area contributed by atoms with Crippen LogP contribution in [0.2, 0.25) is 5.02 Å². The first-order valence-electron chi connectivity index (χ1n) is 11.0. The Morgan fingerprint density at radius 2 is 1.97 bits per heavy atom. The summed E-state index contributed by atoms with van der Waals surface area (Å²) in [5, 5.41) is 5.27. The zero-order chi connectivity index (χ0) is 22.0. The molecule has 166 valence electrons. The lowest BCUT2D eigenvalue weighted by molar-refractivity contribution is -0.131. The van der Waals surface area contributed by atoms with Gasteiger partial charge in [0, 0.05) is 38.6 Å². The summed E-state index contributed by atoms with van der Waals surface area (Å²) < 4.78 is 7.05. The number of hydrogen-bond acceptors (Lipinski definition) is 4. The fourth-order valence-corrected chi connectivity index (χ4v) is 4.77. The summed E-state index contributed by atoms with van der Waals surface area (Å²) in [6.07, 6.45) is 2.97. The molecule has 0 bridgehead atoms.